The molecule has 0 fully saturated rings. The van der Waals surface area contributed by atoms with Crippen LogP contribution in [0, 0.1) is 6.92 Å². The SMILES string of the molecule is CCOC(=O)C(Nc1ccccc1Cl)c1ccc(C)cc1. The van der Waals surface area contributed by atoms with Gasteiger partial charge in [-0.1, -0.05) is 53.6 Å². The molecule has 21 heavy (non-hydrogen) atoms. The summed E-state index contributed by atoms with van der Waals surface area (Å²) in [5, 5.41) is 3.73. The molecule has 0 spiro atoms. The summed E-state index contributed by atoms with van der Waals surface area (Å²) >= 11 is 6.15. The Morgan fingerprint density at radius 1 is 1.19 bits per heavy atom. The van der Waals surface area contributed by atoms with Gasteiger partial charge in [0.15, 0.2) is 6.04 Å². The van der Waals surface area contributed by atoms with Gasteiger partial charge in [0.25, 0.3) is 0 Å². The van der Waals surface area contributed by atoms with Crippen LogP contribution in [0.5, 0.6) is 0 Å². The molecule has 110 valence electrons. The number of ether oxygens (including phenoxy) is 1. The van der Waals surface area contributed by atoms with E-state index >= 15 is 0 Å². The van der Waals surface area contributed by atoms with Crippen LogP contribution in [0.15, 0.2) is 48.5 Å². The number of rotatable bonds is 5. The molecule has 4 heteroatoms. The Kier molecular flexibility index (Phi) is 5.23. The van der Waals surface area contributed by atoms with Crippen LogP contribution in [0.25, 0.3) is 0 Å². The monoisotopic (exact) mass is 303 g/mol. The van der Waals surface area contributed by atoms with E-state index in [-0.39, 0.29) is 5.97 Å². The number of aryl methyl sites for hydroxylation is 1. The van der Waals surface area contributed by atoms with Crippen LogP contribution in [0.1, 0.15) is 24.1 Å². The standard InChI is InChI=1S/C17H18ClNO2/c1-3-21-17(20)16(13-10-8-12(2)9-11-13)19-15-7-5-4-6-14(15)18/h4-11,16,19H,3H2,1-2H3. The zero-order valence-electron chi connectivity index (χ0n) is 12.1. The van der Waals surface area contributed by atoms with Crippen LogP contribution < -0.4 is 5.32 Å². The smallest absolute Gasteiger partial charge is 0.333 e. The van der Waals surface area contributed by atoms with Gasteiger partial charge in [-0.2, -0.15) is 0 Å². The van der Waals surface area contributed by atoms with Crippen molar-refractivity contribution in [3.05, 3.63) is 64.7 Å². The number of carbonyl (C=O) groups is 1. The first-order valence-corrected chi connectivity index (χ1v) is 7.24. The minimum absolute atomic E-state index is 0.318. The summed E-state index contributed by atoms with van der Waals surface area (Å²) in [5.74, 6) is -0.318. The van der Waals surface area contributed by atoms with Crippen LogP contribution in [-0.2, 0) is 9.53 Å². The first kappa shape index (κ1) is 15.4. The van der Waals surface area contributed by atoms with Crippen molar-refractivity contribution in [2.24, 2.45) is 0 Å². The van der Waals surface area contributed by atoms with Crippen LogP contribution in [0.4, 0.5) is 5.69 Å². The second kappa shape index (κ2) is 7.14. The average molecular weight is 304 g/mol. The molecule has 0 saturated heterocycles. The van der Waals surface area contributed by atoms with Gasteiger partial charge in [0, 0.05) is 0 Å². The first-order chi connectivity index (χ1) is 10.1. The molecule has 0 aromatic heterocycles. The lowest BCUT2D eigenvalue weighted by Gasteiger charge is -2.19. The van der Waals surface area contributed by atoms with Crippen molar-refractivity contribution in [2.45, 2.75) is 19.9 Å². The molecule has 0 aliphatic heterocycles. The largest absolute Gasteiger partial charge is 0.464 e. The molecular formula is C17H18ClNO2. The number of hydrogen-bond donors (Lipinski definition) is 1. The summed E-state index contributed by atoms with van der Waals surface area (Å²) in [6, 6.07) is 14.5. The average Bonchev–Trinajstić information content (AvgIpc) is 2.48. The van der Waals surface area contributed by atoms with Gasteiger partial charge in [-0.05, 0) is 31.5 Å². The maximum Gasteiger partial charge on any atom is 0.333 e. The zero-order chi connectivity index (χ0) is 15.2. The summed E-state index contributed by atoms with van der Waals surface area (Å²) in [6.07, 6.45) is 0. The number of benzene rings is 2. The second-order valence-electron chi connectivity index (χ2n) is 4.72. The van der Waals surface area contributed by atoms with Gasteiger partial charge >= 0.3 is 5.97 Å². The molecule has 0 bridgehead atoms. The molecule has 1 unspecified atom stereocenters. The highest BCUT2D eigenvalue weighted by Crippen LogP contribution is 2.27. The fourth-order valence-corrected chi connectivity index (χ4v) is 2.19. The number of hydrogen-bond acceptors (Lipinski definition) is 3. The van der Waals surface area contributed by atoms with Crippen LogP contribution >= 0.6 is 11.6 Å². The van der Waals surface area contributed by atoms with Crippen molar-refractivity contribution >= 4 is 23.3 Å². The summed E-state index contributed by atoms with van der Waals surface area (Å²) < 4.78 is 5.16. The number of esters is 1. The van der Waals surface area contributed by atoms with E-state index in [9.17, 15) is 4.79 Å². The molecule has 1 atom stereocenters. The summed E-state index contributed by atoms with van der Waals surface area (Å²) in [4.78, 5) is 12.2. The molecule has 0 amide bonds. The Morgan fingerprint density at radius 2 is 1.86 bits per heavy atom. The molecule has 3 nitrogen and oxygen atoms in total. The predicted molar refractivity (Wildman–Crippen MR) is 85.6 cm³/mol. The Morgan fingerprint density at radius 3 is 2.48 bits per heavy atom. The van der Waals surface area contributed by atoms with E-state index in [0.29, 0.717) is 17.3 Å². The van der Waals surface area contributed by atoms with E-state index in [0.717, 1.165) is 11.1 Å². The molecule has 0 aliphatic rings. The van der Waals surface area contributed by atoms with E-state index in [1.165, 1.54) is 0 Å². The van der Waals surface area contributed by atoms with Crippen molar-refractivity contribution in [1.82, 2.24) is 0 Å². The van der Waals surface area contributed by atoms with Crippen molar-refractivity contribution in [3.63, 3.8) is 0 Å². The maximum absolute atomic E-state index is 12.2. The van der Waals surface area contributed by atoms with E-state index in [4.69, 9.17) is 16.3 Å². The number of anilines is 1. The van der Waals surface area contributed by atoms with Gasteiger partial charge in [-0.3, -0.25) is 0 Å². The molecule has 0 radical (unpaired) electrons. The molecule has 0 heterocycles. The van der Waals surface area contributed by atoms with Crippen molar-refractivity contribution in [1.29, 1.82) is 0 Å². The fourth-order valence-electron chi connectivity index (χ4n) is 2.00. The summed E-state index contributed by atoms with van der Waals surface area (Å²) in [6.45, 7) is 4.13. The van der Waals surface area contributed by atoms with Gasteiger partial charge in [0.05, 0.1) is 17.3 Å². The minimum atomic E-state index is -0.578. The van der Waals surface area contributed by atoms with Crippen LogP contribution in [0.2, 0.25) is 5.02 Å². The highest BCUT2D eigenvalue weighted by Gasteiger charge is 2.22. The van der Waals surface area contributed by atoms with Gasteiger partial charge < -0.3 is 10.1 Å². The highest BCUT2D eigenvalue weighted by atomic mass is 35.5. The summed E-state index contributed by atoms with van der Waals surface area (Å²) in [5.41, 5.74) is 2.69. The second-order valence-corrected chi connectivity index (χ2v) is 5.13. The predicted octanol–water partition coefficient (Wildman–Crippen LogP) is 4.36. The van der Waals surface area contributed by atoms with Crippen molar-refractivity contribution in [2.75, 3.05) is 11.9 Å². The third-order valence-corrected chi connectivity index (χ3v) is 3.44. The number of halogens is 1. The highest BCUT2D eigenvalue weighted by molar-refractivity contribution is 6.33. The minimum Gasteiger partial charge on any atom is -0.464 e. The first-order valence-electron chi connectivity index (χ1n) is 6.86. The summed E-state index contributed by atoms with van der Waals surface area (Å²) in [7, 11) is 0. The molecule has 1 N–H and O–H groups in total. The Balaban J connectivity index is 2.30. The van der Waals surface area contributed by atoms with E-state index in [1.807, 2.05) is 49.4 Å². The van der Waals surface area contributed by atoms with Crippen molar-refractivity contribution < 1.29 is 9.53 Å². The Labute approximate surface area is 129 Å². The lowest BCUT2D eigenvalue weighted by atomic mass is 10.0. The lowest BCUT2D eigenvalue weighted by Crippen LogP contribution is -2.23. The maximum atomic E-state index is 12.2. The van der Waals surface area contributed by atoms with E-state index in [1.54, 1.807) is 13.0 Å². The topological polar surface area (TPSA) is 38.3 Å². The molecule has 0 aliphatic carbocycles. The van der Waals surface area contributed by atoms with Gasteiger partial charge in [-0.25, -0.2) is 4.79 Å². The van der Waals surface area contributed by atoms with Crippen LogP contribution in [-0.4, -0.2) is 12.6 Å². The molecule has 2 aromatic carbocycles. The fraction of sp³-hybridized carbons (Fsp3) is 0.235. The van der Waals surface area contributed by atoms with Crippen molar-refractivity contribution in [3.8, 4) is 0 Å². The molecule has 2 aromatic rings. The number of nitrogens with one attached hydrogen (secondary N) is 1. The molecular weight excluding hydrogens is 286 g/mol. The third-order valence-electron chi connectivity index (χ3n) is 3.11. The van der Waals surface area contributed by atoms with Gasteiger partial charge in [0.1, 0.15) is 0 Å². The van der Waals surface area contributed by atoms with Gasteiger partial charge in [-0.15, -0.1) is 0 Å². The zero-order valence-corrected chi connectivity index (χ0v) is 12.9. The Hall–Kier alpha value is -2.00. The van der Waals surface area contributed by atoms with E-state index in [2.05, 4.69) is 5.32 Å². The molecule has 0 saturated carbocycles. The number of para-hydroxylation sites is 1. The lowest BCUT2D eigenvalue weighted by molar-refractivity contribution is -0.144. The van der Waals surface area contributed by atoms with E-state index < -0.39 is 6.04 Å². The van der Waals surface area contributed by atoms with Gasteiger partial charge in [0.2, 0.25) is 0 Å². The number of carbonyl (C=O) groups excluding carboxylic acids is 1. The van der Waals surface area contributed by atoms with Crippen LogP contribution in [0.3, 0.4) is 0 Å². The quantitative estimate of drug-likeness (QED) is 0.834. The normalized spacial score (nSPS) is 11.8. The third kappa shape index (κ3) is 3.99. The molecule has 2 rings (SSSR count). The Bertz CT molecular complexity index is 610.